The Bertz CT molecular complexity index is 401. The number of carboxylic acids is 1. The zero-order valence-electron chi connectivity index (χ0n) is 11.1. The molecule has 1 aromatic carbocycles. The van der Waals surface area contributed by atoms with Gasteiger partial charge in [0.25, 0.3) is 0 Å². The van der Waals surface area contributed by atoms with Crippen LogP contribution in [0.3, 0.4) is 0 Å². The molecule has 4 heteroatoms. The summed E-state index contributed by atoms with van der Waals surface area (Å²) in [5.74, 6) is -0.288. The van der Waals surface area contributed by atoms with Gasteiger partial charge in [0.1, 0.15) is 5.75 Å². The Morgan fingerprint density at radius 1 is 1.44 bits per heavy atom. The van der Waals surface area contributed by atoms with Crippen molar-refractivity contribution in [2.75, 3.05) is 7.11 Å². The maximum absolute atomic E-state index is 10.9. The molecule has 0 aliphatic carbocycles. The number of hydrogen-bond donors (Lipinski definition) is 1. The van der Waals surface area contributed by atoms with Gasteiger partial charge in [0.2, 0.25) is 0 Å². The smallest absolute Gasteiger partial charge is 0.335 e. The second-order valence-corrected chi connectivity index (χ2v) is 4.24. The van der Waals surface area contributed by atoms with Crippen molar-refractivity contribution in [3.05, 3.63) is 29.3 Å². The van der Waals surface area contributed by atoms with Gasteiger partial charge in [0.05, 0.1) is 25.4 Å². The Balaban J connectivity index is 2.78. The molecule has 1 aromatic rings. The Labute approximate surface area is 108 Å². The first-order chi connectivity index (χ1) is 8.58. The molecule has 0 amide bonds. The monoisotopic (exact) mass is 252 g/mol. The maximum Gasteiger partial charge on any atom is 0.335 e. The Morgan fingerprint density at radius 2 is 2.17 bits per heavy atom. The van der Waals surface area contributed by atoms with E-state index in [4.69, 9.17) is 14.6 Å². The van der Waals surface area contributed by atoms with Gasteiger partial charge in [-0.3, -0.25) is 0 Å². The van der Waals surface area contributed by atoms with Crippen LogP contribution in [-0.2, 0) is 11.3 Å². The van der Waals surface area contributed by atoms with Gasteiger partial charge in [-0.2, -0.15) is 0 Å². The first-order valence-corrected chi connectivity index (χ1v) is 6.10. The first kappa shape index (κ1) is 14.5. The Hall–Kier alpha value is -1.55. The first-order valence-electron chi connectivity index (χ1n) is 6.10. The number of carboxylic acid groups (broad SMARTS) is 1. The fraction of sp³-hybridized carbons (Fsp3) is 0.500. The van der Waals surface area contributed by atoms with Gasteiger partial charge in [-0.25, -0.2) is 4.79 Å². The fourth-order valence-electron chi connectivity index (χ4n) is 1.75. The van der Waals surface area contributed by atoms with Gasteiger partial charge >= 0.3 is 5.97 Å². The molecule has 4 nitrogen and oxygen atoms in total. The average molecular weight is 252 g/mol. The van der Waals surface area contributed by atoms with Gasteiger partial charge in [-0.15, -0.1) is 0 Å². The summed E-state index contributed by atoms with van der Waals surface area (Å²) in [7, 11) is 1.56. The molecule has 100 valence electrons. The van der Waals surface area contributed by atoms with Gasteiger partial charge in [0.15, 0.2) is 0 Å². The van der Waals surface area contributed by atoms with Crippen LogP contribution >= 0.6 is 0 Å². The topological polar surface area (TPSA) is 55.8 Å². The lowest BCUT2D eigenvalue weighted by atomic mass is 10.1. The number of rotatable bonds is 7. The largest absolute Gasteiger partial charge is 0.496 e. The van der Waals surface area contributed by atoms with Gasteiger partial charge < -0.3 is 14.6 Å². The van der Waals surface area contributed by atoms with Crippen LogP contribution in [0.4, 0.5) is 0 Å². The van der Waals surface area contributed by atoms with E-state index < -0.39 is 5.97 Å². The quantitative estimate of drug-likeness (QED) is 0.810. The summed E-state index contributed by atoms with van der Waals surface area (Å²) < 4.78 is 10.9. The molecule has 0 aliphatic heterocycles. The van der Waals surface area contributed by atoms with E-state index in [9.17, 15) is 4.79 Å². The minimum atomic E-state index is -0.944. The molecule has 0 heterocycles. The molecular formula is C14H20O4. The molecule has 0 saturated carbocycles. The molecule has 1 atom stereocenters. The highest BCUT2D eigenvalue weighted by atomic mass is 16.5. The van der Waals surface area contributed by atoms with Crippen molar-refractivity contribution in [1.29, 1.82) is 0 Å². The van der Waals surface area contributed by atoms with Crippen LogP contribution in [0.15, 0.2) is 18.2 Å². The molecule has 1 unspecified atom stereocenters. The van der Waals surface area contributed by atoms with Crippen molar-refractivity contribution >= 4 is 5.97 Å². The predicted octanol–water partition coefficient (Wildman–Crippen LogP) is 3.10. The van der Waals surface area contributed by atoms with Crippen molar-refractivity contribution in [1.82, 2.24) is 0 Å². The van der Waals surface area contributed by atoms with Crippen molar-refractivity contribution in [3.63, 3.8) is 0 Å². The third-order valence-electron chi connectivity index (χ3n) is 2.75. The second kappa shape index (κ2) is 7.01. The summed E-state index contributed by atoms with van der Waals surface area (Å²) in [4.78, 5) is 10.9. The lowest BCUT2D eigenvalue weighted by molar-refractivity contribution is 0.0460. The number of methoxy groups -OCH3 is 1. The minimum absolute atomic E-state index is 0.160. The Morgan fingerprint density at radius 3 is 2.72 bits per heavy atom. The van der Waals surface area contributed by atoms with E-state index in [1.165, 1.54) is 6.07 Å². The highest BCUT2D eigenvalue weighted by Crippen LogP contribution is 2.21. The van der Waals surface area contributed by atoms with Crippen LogP contribution in [-0.4, -0.2) is 24.3 Å². The lowest BCUT2D eigenvalue weighted by Gasteiger charge is -2.14. The van der Waals surface area contributed by atoms with E-state index in [1.54, 1.807) is 19.2 Å². The van der Waals surface area contributed by atoms with E-state index in [2.05, 4.69) is 6.92 Å². The second-order valence-electron chi connectivity index (χ2n) is 4.24. The van der Waals surface area contributed by atoms with E-state index in [0.717, 1.165) is 18.4 Å². The van der Waals surface area contributed by atoms with E-state index in [0.29, 0.717) is 12.4 Å². The lowest BCUT2D eigenvalue weighted by Crippen LogP contribution is -2.09. The van der Waals surface area contributed by atoms with E-state index in [-0.39, 0.29) is 11.7 Å². The van der Waals surface area contributed by atoms with Crippen LogP contribution in [0.25, 0.3) is 0 Å². The van der Waals surface area contributed by atoms with Gasteiger partial charge in [-0.1, -0.05) is 13.3 Å². The number of carbonyl (C=O) groups is 1. The van der Waals surface area contributed by atoms with Crippen LogP contribution in [0.5, 0.6) is 5.75 Å². The molecule has 0 radical (unpaired) electrons. The highest BCUT2D eigenvalue weighted by Gasteiger charge is 2.10. The van der Waals surface area contributed by atoms with Crippen LogP contribution in [0, 0.1) is 0 Å². The summed E-state index contributed by atoms with van der Waals surface area (Å²) in [6.45, 7) is 4.48. The van der Waals surface area contributed by atoms with Gasteiger partial charge in [-0.05, 0) is 31.5 Å². The summed E-state index contributed by atoms with van der Waals surface area (Å²) in [6.07, 6.45) is 2.21. The molecule has 0 bridgehead atoms. The summed E-state index contributed by atoms with van der Waals surface area (Å²) >= 11 is 0. The molecule has 18 heavy (non-hydrogen) atoms. The fourth-order valence-corrected chi connectivity index (χ4v) is 1.75. The summed E-state index contributed by atoms with van der Waals surface area (Å²) in [6, 6.07) is 4.78. The van der Waals surface area contributed by atoms with Crippen molar-refractivity contribution < 1.29 is 19.4 Å². The molecule has 0 aromatic heterocycles. The maximum atomic E-state index is 10.9. The minimum Gasteiger partial charge on any atom is -0.496 e. The molecule has 0 aliphatic rings. The molecular weight excluding hydrogens is 232 g/mol. The van der Waals surface area contributed by atoms with Crippen molar-refractivity contribution in [3.8, 4) is 5.75 Å². The number of aromatic carboxylic acids is 1. The number of ether oxygens (including phenoxy) is 2. The van der Waals surface area contributed by atoms with E-state index >= 15 is 0 Å². The molecule has 0 fully saturated rings. The SMILES string of the molecule is CCCC(C)OCc1cc(C(=O)O)ccc1OC. The highest BCUT2D eigenvalue weighted by molar-refractivity contribution is 5.88. The van der Waals surface area contributed by atoms with Crippen molar-refractivity contribution in [2.24, 2.45) is 0 Å². The zero-order chi connectivity index (χ0) is 13.5. The summed E-state index contributed by atoms with van der Waals surface area (Å²) in [5, 5.41) is 8.95. The average Bonchev–Trinajstić information content (AvgIpc) is 2.36. The van der Waals surface area contributed by atoms with Crippen LogP contribution < -0.4 is 4.74 Å². The van der Waals surface area contributed by atoms with E-state index in [1.807, 2.05) is 6.92 Å². The number of hydrogen-bond acceptors (Lipinski definition) is 3. The third kappa shape index (κ3) is 4.04. The number of benzene rings is 1. The predicted molar refractivity (Wildman–Crippen MR) is 69.1 cm³/mol. The van der Waals surface area contributed by atoms with Crippen LogP contribution in [0.1, 0.15) is 42.6 Å². The van der Waals surface area contributed by atoms with Crippen molar-refractivity contribution in [2.45, 2.75) is 39.4 Å². The molecule has 0 saturated heterocycles. The molecule has 1 rings (SSSR count). The van der Waals surface area contributed by atoms with Gasteiger partial charge in [0, 0.05) is 5.56 Å². The molecule has 1 N–H and O–H groups in total. The summed E-state index contributed by atoms with van der Waals surface area (Å²) in [5.41, 5.74) is 1.01. The third-order valence-corrected chi connectivity index (χ3v) is 2.75. The zero-order valence-corrected chi connectivity index (χ0v) is 11.1. The standard InChI is InChI=1S/C14H20O4/c1-4-5-10(2)18-9-12-8-11(14(15)16)6-7-13(12)17-3/h6-8,10H,4-5,9H2,1-3H3,(H,15,16). The normalized spacial score (nSPS) is 12.2. The molecule has 0 spiro atoms. The Kier molecular flexibility index (Phi) is 5.65. The van der Waals surface area contributed by atoms with Crippen LogP contribution in [0.2, 0.25) is 0 Å².